The molecule has 3 heteroatoms. The van der Waals surface area contributed by atoms with E-state index < -0.39 is 0 Å². The molecule has 10 heavy (non-hydrogen) atoms. The summed E-state index contributed by atoms with van der Waals surface area (Å²) < 4.78 is 10.5. The topological polar surface area (TPSA) is 18.5 Å². The molecular formula is C7H13ClO2. The van der Waals surface area contributed by atoms with Gasteiger partial charge >= 0.3 is 0 Å². The van der Waals surface area contributed by atoms with E-state index in [0.717, 1.165) is 38.4 Å². The van der Waals surface area contributed by atoms with Gasteiger partial charge in [-0.15, -0.1) is 11.6 Å². The average molecular weight is 165 g/mol. The molecule has 1 aliphatic rings. The second kappa shape index (κ2) is 4.94. The van der Waals surface area contributed by atoms with Crippen molar-refractivity contribution in [1.82, 2.24) is 0 Å². The summed E-state index contributed by atoms with van der Waals surface area (Å²) in [5.74, 6) is 0.743. The van der Waals surface area contributed by atoms with Gasteiger partial charge in [0.25, 0.3) is 0 Å². The summed E-state index contributed by atoms with van der Waals surface area (Å²) in [5.41, 5.74) is 0. The largest absolute Gasteiger partial charge is 0.350 e. The minimum Gasteiger partial charge on any atom is -0.350 e. The van der Waals surface area contributed by atoms with Crippen LogP contribution < -0.4 is 0 Å². The highest BCUT2D eigenvalue weighted by Gasteiger charge is 2.14. The van der Waals surface area contributed by atoms with Gasteiger partial charge in [0.05, 0.1) is 13.2 Å². The Kier molecular flexibility index (Phi) is 4.10. The van der Waals surface area contributed by atoms with Gasteiger partial charge in [0, 0.05) is 5.88 Å². The third kappa shape index (κ3) is 2.86. The Balaban J connectivity index is 1.91. The highest BCUT2D eigenvalue weighted by Crippen LogP contribution is 2.11. The van der Waals surface area contributed by atoms with E-state index >= 15 is 0 Å². The smallest absolute Gasteiger partial charge is 0.157 e. The van der Waals surface area contributed by atoms with Crippen molar-refractivity contribution in [2.24, 2.45) is 0 Å². The Labute approximate surface area is 66.5 Å². The molecule has 0 saturated carbocycles. The molecule has 1 heterocycles. The van der Waals surface area contributed by atoms with Crippen LogP contribution in [-0.4, -0.2) is 25.4 Å². The molecule has 0 amide bonds. The Bertz CT molecular complexity index is 81.7. The Hall–Kier alpha value is 0.210. The van der Waals surface area contributed by atoms with Crippen LogP contribution in [0.5, 0.6) is 0 Å². The van der Waals surface area contributed by atoms with Gasteiger partial charge in [0.1, 0.15) is 0 Å². The van der Waals surface area contributed by atoms with Crippen molar-refractivity contribution in [1.29, 1.82) is 0 Å². The average Bonchev–Trinajstić information content (AvgIpc) is 2.41. The number of hydrogen-bond acceptors (Lipinski definition) is 2. The molecule has 60 valence electrons. The third-order valence-corrected chi connectivity index (χ3v) is 1.78. The molecule has 0 atom stereocenters. The van der Waals surface area contributed by atoms with Gasteiger partial charge in [-0.25, -0.2) is 0 Å². The molecule has 0 aromatic heterocycles. The summed E-state index contributed by atoms with van der Waals surface area (Å²) in [6.45, 7) is 1.51. The van der Waals surface area contributed by atoms with Crippen molar-refractivity contribution >= 4 is 11.6 Å². The number of alkyl halides is 1. The Morgan fingerprint density at radius 3 is 2.50 bits per heavy atom. The number of halogens is 1. The summed E-state index contributed by atoms with van der Waals surface area (Å²) in [5, 5.41) is 0. The second-order valence-corrected chi connectivity index (χ2v) is 2.73. The number of unbranched alkanes of at least 4 members (excludes halogenated alkanes) is 1. The predicted octanol–water partition coefficient (Wildman–Crippen LogP) is 1.77. The maximum atomic E-state index is 5.51. The van der Waals surface area contributed by atoms with Gasteiger partial charge in [-0.1, -0.05) is 0 Å². The van der Waals surface area contributed by atoms with Gasteiger partial charge in [-0.2, -0.15) is 0 Å². The molecule has 0 aliphatic carbocycles. The van der Waals surface area contributed by atoms with E-state index in [1.54, 1.807) is 0 Å². The van der Waals surface area contributed by atoms with Crippen LogP contribution >= 0.6 is 11.6 Å². The molecule has 0 aromatic rings. The van der Waals surface area contributed by atoms with Crippen molar-refractivity contribution in [3.63, 3.8) is 0 Å². The van der Waals surface area contributed by atoms with Crippen LogP contribution in [0.1, 0.15) is 19.3 Å². The van der Waals surface area contributed by atoms with Gasteiger partial charge in [0.2, 0.25) is 0 Å². The first-order valence-corrected chi connectivity index (χ1v) is 4.26. The van der Waals surface area contributed by atoms with Crippen molar-refractivity contribution in [3.05, 3.63) is 0 Å². The van der Waals surface area contributed by atoms with E-state index in [-0.39, 0.29) is 6.29 Å². The van der Waals surface area contributed by atoms with Crippen LogP contribution in [0.2, 0.25) is 0 Å². The quantitative estimate of drug-likeness (QED) is 0.466. The lowest BCUT2D eigenvalue weighted by Gasteiger charge is -2.06. The van der Waals surface area contributed by atoms with Crippen molar-refractivity contribution < 1.29 is 9.47 Å². The molecule has 0 unspecified atom stereocenters. The van der Waals surface area contributed by atoms with E-state index in [9.17, 15) is 0 Å². The molecule has 2 nitrogen and oxygen atoms in total. The van der Waals surface area contributed by atoms with Crippen LogP contribution in [0.25, 0.3) is 0 Å². The molecule has 0 aromatic carbocycles. The van der Waals surface area contributed by atoms with Crippen molar-refractivity contribution in [2.45, 2.75) is 25.6 Å². The summed E-state index contributed by atoms with van der Waals surface area (Å²) in [4.78, 5) is 0. The van der Waals surface area contributed by atoms with Crippen molar-refractivity contribution in [3.8, 4) is 0 Å². The van der Waals surface area contributed by atoms with Crippen LogP contribution in [0, 0.1) is 0 Å². The van der Waals surface area contributed by atoms with Gasteiger partial charge in [-0.05, 0) is 19.3 Å². The summed E-state index contributed by atoms with van der Waals surface area (Å²) in [6, 6.07) is 0. The first-order valence-electron chi connectivity index (χ1n) is 3.72. The number of ether oxygens (including phenoxy) is 2. The minimum atomic E-state index is 0.0585. The van der Waals surface area contributed by atoms with Gasteiger partial charge in [0.15, 0.2) is 6.29 Å². The highest BCUT2D eigenvalue weighted by molar-refractivity contribution is 6.17. The Morgan fingerprint density at radius 1 is 1.20 bits per heavy atom. The molecule has 1 aliphatic heterocycles. The zero-order chi connectivity index (χ0) is 7.23. The van der Waals surface area contributed by atoms with Gasteiger partial charge in [-0.3, -0.25) is 0 Å². The summed E-state index contributed by atoms with van der Waals surface area (Å²) in [7, 11) is 0. The molecule has 1 saturated heterocycles. The lowest BCUT2D eigenvalue weighted by atomic mass is 10.2. The van der Waals surface area contributed by atoms with Gasteiger partial charge < -0.3 is 9.47 Å². The zero-order valence-electron chi connectivity index (χ0n) is 6.01. The van der Waals surface area contributed by atoms with Crippen LogP contribution in [0.4, 0.5) is 0 Å². The number of hydrogen-bond donors (Lipinski definition) is 0. The highest BCUT2D eigenvalue weighted by atomic mass is 35.5. The van der Waals surface area contributed by atoms with E-state index in [1.807, 2.05) is 0 Å². The zero-order valence-corrected chi connectivity index (χ0v) is 6.77. The normalized spacial score (nSPS) is 20.1. The van der Waals surface area contributed by atoms with E-state index in [0.29, 0.717) is 0 Å². The van der Waals surface area contributed by atoms with E-state index in [1.165, 1.54) is 0 Å². The van der Waals surface area contributed by atoms with Crippen LogP contribution in [-0.2, 0) is 9.47 Å². The monoisotopic (exact) mass is 164 g/mol. The van der Waals surface area contributed by atoms with Crippen LogP contribution in [0.15, 0.2) is 0 Å². The molecule has 0 radical (unpaired) electrons. The molecule has 0 bridgehead atoms. The molecule has 1 fully saturated rings. The first kappa shape index (κ1) is 8.31. The molecule has 0 spiro atoms. The maximum Gasteiger partial charge on any atom is 0.157 e. The molecular weight excluding hydrogens is 152 g/mol. The third-order valence-electron chi connectivity index (χ3n) is 1.51. The SMILES string of the molecule is ClCCCCC1OCCO1. The standard InChI is InChI=1S/C7H13ClO2/c8-4-2-1-3-7-9-5-6-10-7/h7H,1-6H2. The summed E-state index contributed by atoms with van der Waals surface area (Å²) in [6.07, 6.45) is 3.22. The van der Waals surface area contributed by atoms with E-state index in [2.05, 4.69) is 0 Å². The minimum absolute atomic E-state index is 0.0585. The summed E-state index contributed by atoms with van der Waals surface area (Å²) >= 11 is 5.51. The van der Waals surface area contributed by atoms with E-state index in [4.69, 9.17) is 21.1 Å². The molecule has 0 N–H and O–H groups in total. The van der Waals surface area contributed by atoms with Crippen LogP contribution in [0.3, 0.4) is 0 Å². The molecule has 1 rings (SSSR count). The fourth-order valence-electron chi connectivity index (χ4n) is 0.979. The lowest BCUT2D eigenvalue weighted by Crippen LogP contribution is -2.06. The van der Waals surface area contributed by atoms with Crippen molar-refractivity contribution in [2.75, 3.05) is 19.1 Å². The predicted molar refractivity (Wildman–Crippen MR) is 40.3 cm³/mol. The lowest BCUT2D eigenvalue weighted by molar-refractivity contribution is -0.0477. The second-order valence-electron chi connectivity index (χ2n) is 2.36. The number of rotatable bonds is 4. The first-order chi connectivity index (χ1) is 4.93. The maximum absolute atomic E-state index is 5.51. The fraction of sp³-hybridized carbons (Fsp3) is 1.00. The fourth-order valence-corrected chi connectivity index (χ4v) is 1.17. The Morgan fingerprint density at radius 2 is 1.90 bits per heavy atom.